The fourth-order valence-electron chi connectivity index (χ4n) is 5.15. The second-order valence-corrected chi connectivity index (χ2v) is 11.7. The van der Waals surface area contributed by atoms with Crippen LogP contribution in [0.2, 0.25) is 0 Å². The summed E-state index contributed by atoms with van der Waals surface area (Å²) < 4.78 is 27.1. The van der Waals surface area contributed by atoms with Crippen molar-refractivity contribution < 1.29 is 18.7 Å². The van der Waals surface area contributed by atoms with Gasteiger partial charge in [0.25, 0.3) is 0 Å². The monoisotopic (exact) mass is 553 g/mol. The van der Waals surface area contributed by atoms with Crippen molar-refractivity contribution in [3.05, 3.63) is 72.2 Å². The van der Waals surface area contributed by atoms with Crippen LogP contribution in [0, 0.1) is 11.5 Å². The van der Waals surface area contributed by atoms with Gasteiger partial charge in [0, 0.05) is 56.1 Å². The first-order valence-corrected chi connectivity index (χ1v) is 13.7. The molecule has 9 heteroatoms. The Bertz CT molecular complexity index is 1150. The molecule has 40 heavy (non-hydrogen) atoms. The van der Waals surface area contributed by atoms with E-state index in [2.05, 4.69) is 66.8 Å². The van der Waals surface area contributed by atoms with Gasteiger partial charge in [-0.1, -0.05) is 45.5 Å². The molecule has 0 amide bonds. The number of nitrogens with one attached hydrogen (secondary N) is 1. The normalized spacial score (nSPS) is 21.4. The van der Waals surface area contributed by atoms with E-state index in [1.165, 1.54) is 10.5 Å². The summed E-state index contributed by atoms with van der Waals surface area (Å²) in [6.07, 6.45) is 6.76. The first-order valence-electron chi connectivity index (χ1n) is 13.7. The molecule has 2 N–H and O–H groups in total. The number of anilines is 1. The van der Waals surface area contributed by atoms with E-state index in [1.807, 2.05) is 31.6 Å². The number of rotatable bonds is 7. The number of β-amino-alcohol motifs (C(OH)–C–C–N with tert-alkyl or cyclic N) is 1. The third-order valence-electron chi connectivity index (χ3n) is 7.57. The lowest BCUT2D eigenvalue weighted by Gasteiger charge is -2.36. The Hall–Kier alpha value is -3.51. The highest BCUT2D eigenvalue weighted by Gasteiger charge is 2.35. The summed E-state index contributed by atoms with van der Waals surface area (Å²) in [6, 6.07) is 12.0. The number of carbonyl (C=O) groups is 1. The fourth-order valence-corrected chi connectivity index (χ4v) is 5.15. The molecule has 1 aliphatic heterocycles. The van der Waals surface area contributed by atoms with Crippen LogP contribution in [0.15, 0.2) is 61.1 Å². The highest BCUT2D eigenvalue weighted by atomic mass is 19.3. The molecule has 2 fully saturated rings. The van der Waals surface area contributed by atoms with Crippen molar-refractivity contribution in [1.29, 1.82) is 5.26 Å². The van der Waals surface area contributed by atoms with E-state index >= 15 is 0 Å². The highest BCUT2D eigenvalue weighted by molar-refractivity contribution is 5.59. The summed E-state index contributed by atoms with van der Waals surface area (Å²) in [6.45, 7) is 11.2. The summed E-state index contributed by atoms with van der Waals surface area (Å²) >= 11 is 0. The number of nitriles is 1. The molecule has 1 aliphatic carbocycles. The molecule has 1 aromatic heterocycles. The van der Waals surface area contributed by atoms with Gasteiger partial charge < -0.3 is 20.1 Å². The number of aldehydes is 1. The van der Waals surface area contributed by atoms with E-state index < -0.39 is 18.1 Å². The number of aromatic nitrogens is 1. The number of halogens is 2. The number of aliphatic hydroxyl groups is 1. The summed E-state index contributed by atoms with van der Waals surface area (Å²) in [5, 5.41) is 20.8. The van der Waals surface area contributed by atoms with Crippen LogP contribution in [-0.2, 0) is 10.2 Å². The van der Waals surface area contributed by atoms with Crippen LogP contribution in [0.1, 0.15) is 70.0 Å². The molecule has 216 valence electrons. The van der Waals surface area contributed by atoms with Crippen molar-refractivity contribution in [2.24, 2.45) is 0 Å². The molecule has 0 bridgehead atoms. The van der Waals surface area contributed by atoms with Gasteiger partial charge in [0.05, 0.1) is 24.7 Å². The maximum absolute atomic E-state index is 13.5. The average Bonchev–Trinajstić information content (AvgIpc) is 3.30. The number of nitrogens with zero attached hydrogens (tertiary/aromatic N) is 4. The van der Waals surface area contributed by atoms with Gasteiger partial charge in [-0.3, -0.25) is 9.88 Å². The Kier molecular flexibility index (Phi) is 10.3. The van der Waals surface area contributed by atoms with Crippen molar-refractivity contribution in [3.8, 4) is 6.19 Å². The van der Waals surface area contributed by atoms with Gasteiger partial charge in [0.2, 0.25) is 5.92 Å². The molecule has 2 aromatic rings. The Morgan fingerprint density at radius 3 is 2.42 bits per heavy atom. The molecule has 1 aromatic carbocycles. The number of hydrogen-bond acceptors (Lipinski definition) is 7. The van der Waals surface area contributed by atoms with Crippen LogP contribution in [0.4, 0.5) is 14.5 Å². The summed E-state index contributed by atoms with van der Waals surface area (Å²) in [5.41, 5.74) is 4.25. The van der Waals surface area contributed by atoms with Crippen molar-refractivity contribution in [2.75, 3.05) is 18.5 Å². The molecule has 4 rings (SSSR count). The lowest BCUT2D eigenvalue weighted by molar-refractivity contribution is -0.110. The van der Waals surface area contributed by atoms with Crippen LogP contribution in [0.3, 0.4) is 0 Å². The van der Waals surface area contributed by atoms with E-state index in [0.29, 0.717) is 32.1 Å². The van der Waals surface area contributed by atoms with Gasteiger partial charge in [-0.15, -0.1) is 0 Å². The van der Waals surface area contributed by atoms with Gasteiger partial charge in [0.15, 0.2) is 6.19 Å². The molecule has 7 nitrogen and oxygen atoms in total. The minimum absolute atomic E-state index is 0.0213. The number of carbonyl (C=O) groups excluding carboxylic acids is 1. The van der Waals surface area contributed by atoms with Crippen molar-refractivity contribution in [2.45, 2.75) is 88.4 Å². The second kappa shape index (κ2) is 13.2. The lowest BCUT2D eigenvalue weighted by Crippen LogP contribution is -2.40. The minimum atomic E-state index is -2.53. The topological polar surface area (TPSA) is 92.5 Å². The number of aliphatic hydroxyl groups excluding tert-OH is 1. The largest absolute Gasteiger partial charge is 0.391 e. The lowest BCUT2D eigenvalue weighted by atomic mass is 9.87. The quantitative estimate of drug-likeness (QED) is 0.353. The number of hydrogen-bond donors (Lipinski definition) is 2. The van der Waals surface area contributed by atoms with E-state index in [1.54, 1.807) is 6.20 Å². The molecule has 1 saturated carbocycles. The van der Waals surface area contributed by atoms with Gasteiger partial charge in [-0.2, -0.15) is 5.26 Å². The van der Waals surface area contributed by atoms with E-state index in [-0.39, 0.29) is 30.3 Å². The second-order valence-electron chi connectivity index (χ2n) is 11.7. The zero-order valence-corrected chi connectivity index (χ0v) is 23.9. The highest BCUT2D eigenvalue weighted by Crippen LogP contribution is 2.36. The predicted octanol–water partition coefficient (Wildman–Crippen LogP) is 5.34. The predicted molar refractivity (Wildman–Crippen MR) is 153 cm³/mol. The van der Waals surface area contributed by atoms with Crippen LogP contribution in [0.5, 0.6) is 0 Å². The first kappa shape index (κ1) is 31.0. The van der Waals surface area contributed by atoms with Crippen molar-refractivity contribution >= 4 is 12.0 Å². The first-order chi connectivity index (χ1) is 18.8. The van der Waals surface area contributed by atoms with Gasteiger partial charge in [0.1, 0.15) is 6.29 Å². The third kappa shape index (κ3) is 8.25. The Morgan fingerprint density at radius 1 is 1.27 bits per heavy atom. The van der Waals surface area contributed by atoms with E-state index in [9.17, 15) is 13.6 Å². The van der Waals surface area contributed by atoms with Gasteiger partial charge in [-0.25, -0.2) is 8.78 Å². The molecule has 3 unspecified atom stereocenters. The van der Waals surface area contributed by atoms with Gasteiger partial charge >= 0.3 is 0 Å². The van der Waals surface area contributed by atoms with Gasteiger partial charge in [-0.05, 0) is 47.6 Å². The van der Waals surface area contributed by atoms with Crippen LogP contribution >= 0.6 is 0 Å². The van der Waals surface area contributed by atoms with E-state index in [0.717, 1.165) is 16.9 Å². The SMILES string of the molecule is C=C(NC1CCC(F)(F)CC1)C(c1cccnc1)N(C)c1ccc(C(C)(C)C)cc1.N#CN1CC(O)CC1C=O. The fraction of sp³-hybridized carbons (Fsp3) is 0.516. The molecule has 1 saturated heterocycles. The van der Waals surface area contributed by atoms with Crippen molar-refractivity contribution in [1.82, 2.24) is 15.2 Å². The van der Waals surface area contributed by atoms with Crippen LogP contribution in [0.25, 0.3) is 0 Å². The summed E-state index contributed by atoms with van der Waals surface area (Å²) in [5.74, 6) is -2.53. The number of benzene rings is 1. The standard InChI is InChI=1S/C25H33F2N3.C6H8N2O2/c1-18(29-21-12-14-25(26,27)15-13-21)23(19-7-6-16-28-17-19)30(5)22-10-8-20(9-11-22)24(2,3)4;7-4-8-2-6(10)1-5(8)3-9/h6-11,16-17,21,23,29H,1,12-15H2,2-5H3;3,5-6,10H,1-2H2. The number of alkyl halides is 2. The smallest absolute Gasteiger partial charge is 0.248 e. The zero-order valence-electron chi connectivity index (χ0n) is 23.9. The number of pyridine rings is 1. The van der Waals surface area contributed by atoms with Crippen LogP contribution in [-0.4, -0.2) is 59.0 Å². The van der Waals surface area contributed by atoms with E-state index in [4.69, 9.17) is 10.4 Å². The maximum atomic E-state index is 13.5. The maximum Gasteiger partial charge on any atom is 0.248 e. The average molecular weight is 554 g/mol. The minimum Gasteiger partial charge on any atom is -0.391 e. The van der Waals surface area contributed by atoms with Crippen molar-refractivity contribution in [3.63, 3.8) is 0 Å². The summed E-state index contributed by atoms with van der Waals surface area (Å²) in [7, 11) is 2.03. The summed E-state index contributed by atoms with van der Waals surface area (Å²) in [4.78, 5) is 18.0. The molecule has 2 aliphatic rings. The Labute approximate surface area is 236 Å². The number of likely N-dealkylation sites (N-methyl/N-ethyl adjacent to an activating group) is 1. The zero-order chi connectivity index (χ0) is 29.5. The molecule has 2 heterocycles. The molecule has 0 radical (unpaired) electrons. The third-order valence-corrected chi connectivity index (χ3v) is 7.57. The molecule has 0 spiro atoms. The molecular formula is C31H41F2N5O2. The number of likely N-dealkylation sites (tertiary alicyclic amines) is 1. The Balaban J connectivity index is 0.000000371. The Morgan fingerprint density at radius 2 is 1.93 bits per heavy atom. The van der Waals surface area contributed by atoms with Crippen LogP contribution < -0.4 is 10.2 Å². The molecular weight excluding hydrogens is 512 g/mol. The molecule has 3 atom stereocenters.